The molecule has 0 bridgehead atoms. The lowest BCUT2D eigenvalue weighted by atomic mass is 10.1. The molecule has 17 heavy (non-hydrogen) atoms. The number of hydrogen-bond acceptors (Lipinski definition) is 3. The van der Waals surface area contributed by atoms with Crippen molar-refractivity contribution in [2.24, 2.45) is 0 Å². The molecule has 0 unspecified atom stereocenters. The van der Waals surface area contributed by atoms with Crippen molar-refractivity contribution in [2.45, 2.75) is 26.3 Å². The van der Waals surface area contributed by atoms with E-state index in [1.54, 1.807) is 18.6 Å². The number of aromatic nitrogens is 3. The molecule has 88 valence electrons. The van der Waals surface area contributed by atoms with E-state index in [9.17, 15) is 4.79 Å². The average Bonchev–Trinajstić information content (AvgIpc) is 2.85. The van der Waals surface area contributed by atoms with Crippen molar-refractivity contribution in [3.63, 3.8) is 0 Å². The van der Waals surface area contributed by atoms with Crippen LogP contribution in [0.25, 0.3) is 0 Å². The Kier molecular flexibility index (Phi) is 3.65. The molecule has 0 saturated carbocycles. The third kappa shape index (κ3) is 2.78. The van der Waals surface area contributed by atoms with E-state index in [1.807, 2.05) is 29.8 Å². The van der Waals surface area contributed by atoms with E-state index < -0.39 is 0 Å². The van der Waals surface area contributed by atoms with Gasteiger partial charge in [0.2, 0.25) is 0 Å². The normalized spacial score (nSPS) is 10.4. The SMILES string of the molecule is CCn1ccnc1C(=O)CCc1ccncc1. The van der Waals surface area contributed by atoms with Crippen molar-refractivity contribution >= 4 is 5.78 Å². The van der Waals surface area contributed by atoms with Gasteiger partial charge in [-0.25, -0.2) is 4.98 Å². The monoisotopic (exact) mass is 229 g/mol. The summed E-state index contributed by atoms with van der Waals surface area (Å²) in [5.41, 5.74) is 1.13. The maximum Gasteiger partial charge on any atom is 0.198 e. The zero-order valence-electron chi connectivity index (χ0n) is 9.84. The molecular formula is C13H15N3O. The number of Topliss-reactive ketones (excluding diaryl/α,β-unsaturated/α-hetero) is 1. The molecule has 0 aliphatic carbocycles. The highest BCUT2D eigenvalue weighted by molar-refractivity contribution is 5.92. The number of pyridine rings is 1. The van der Waals surface area contributed by atoms with E-state index in [0.29, 0.717) is 12.2 Å². The first kappa shape index (κ1) is 11.5. The highest BCUT2D eigenvalue weighted by Gasteiger charge is 2.11. The molecule has 0 radical (unpaired) electrons. The molecule has 4 nitrogen and oxygen atoms in total. The van der Waals surface area contributed by atoms with Crippen molar-refractivity contribution in [2.75, 3.05) is 0 Å². The van der Waals surface area contributed by atoms with Crippen molar-refractivity contribution in [1.29, 1.82) is 0 Å². The molecule has 2 aromatic rings. The number of carbonyl (C=O) groups excluding carboxylic acids is 1. The first-order valence-electron chi connectivity index (χ1n) is 5.74. The fourth-order valence-corrected chi connectivity index (χ4v) is 1.74. The van der Waals surface area contributed by atoms with Crippen LogP contribution >= 0.6 is 0 Å². The van der Waals surface area contributed by atoms with Gasteiger partial charge < -0.3 is 4.57 Å². The Morgan fingerprint density at radius 2 is 2.06 bits per heavy atom. The van der Waals surface area contributed by atoms with Crippen molar-refractivity contribution < 1.29 is 4.79 Å². The summed E-state index contributed by atoms with van der Waals surface area (Å²) >= 11 is 0. The summed E-state index contributed by atoms with van der Waals surface area (Å²) in [5, 5.41) is 0. The Hall–Kier alpha value is -1.97. The molecule has 2 heterocycles. The summed E-state index contributed by atoms with van der Waals surface area (Å²) in [7, 11) is 0. The lowest BCUT2D eigenvalue weighted by molar-refractivity contribution is 0.0969. The molecule has 0 aromatic carbocycles. The first-order valence-corrected chi connectivity index (χ1v) is 5.74. The second-order valence-electron chi connectivity index (χ2n) is 3.82. The van der Waals surface area contributed by atoms with Crippen molar-refractivity contribution in [1.82, 2.24) is 14.5 Å². The van der Waals surface area contributed by atoms with E-state index in [0.717, 1.165) is 18.5 Å². The minimum atomic E-state index is 0.0914. The van der Waals surface area contributed by atoms with Gasteiger partial charge in [0.1, 0.15) is 0 Å². The largest absolute Gasteiger partial charge is 0.329 e. The molecule has 0 fully saturated rings. The molecule has 2 rings (SSSR count). The van der Waals surface area contributed by atoms with Crippen LogP contribution in [-0.4, -0.2) is 20.3 Å². The minimum Gasteiger partial charge on any atom is -0.329 e. The number of hydrogen-bond donors (Lipinski definition) is 0. The predicted molar refractivity (Wildman–Crippen MR) is 64.8 cm³/mol. The fraction of sp³-hybridized carbons (Fsp3) is 0.308. The van der Waals surface area contributed by atoms with Crippen LogP contribution in [0.1, 0.15) is 29.5 Å². The van der Waals surface area contributed by atoms with Crippen LogP contribution in [0.15, 0.2) is 36.9 Å². The Morgan fingerprint density at radius 1 is 1.29 bits per heavy atom. The fourth-order valence-electron chi connectivity index (χ4n) is 1.74. The summed E-state index contributed by atoms with van der Waals surface area (Å²) < 4.78 is 1.87. The summed E-state index contributed by atoms with van der Waals surface area (Å²) in [5.74, 6) is 0.648. The van der Waals surface area contributed by atoms with Crippen LogP contribution in [0.2, 0.25) is 0 Å². The van der Waals surface area contributed by atoms with E-state index in [1.165, 1.54) is 0 Å². The number of aryl methyl sites for hydroxylation is 2. The second-order valence-corrected chi connectivity index (χ2v) is 3.82. The van der Waals surface area contributed by atoms with Gasteiger partial charge in [0.05, 0.1) is 0 Å². The number of nitrogens with zero attached hydrogens (tertiary/aromatic N) is 3. The van der Waals surface area contributed by atoms with Crippen molar-refractivity contribution in [3.8, 4) is 0 Å². The van der Waals surface area contributed by atoms with Crippen LogP contribution in [0, 0.1) is 0 Å². The van der Waals surface area contributed by atoms with Gasteiger partial charge in [0.25, 0.3) is 0 Å². The van der Waals surface area contributed by atoms with Crippen LogP contribution in [0.4, 0.5) is 0 Å². The molecule has 0 N–H and O–H groups in total. The van der Waals surface area contributed by atoms with Gasteiger partial charge in [-0.2, -0.15) is 0 Å². The number of carbonyl (C=O) groups is 1. The Bertz CT molecular complexity index is 490. The molecule has 4 heteroatoms. The van der Waals surface area contributed by atoms with E-state index >= 15 is 0 Å². The standard InChI is InChI=1S/C13H15N3O/c1-2-16-10-9-15-13(16)12(17)4-3-11-5-7-14-8-6-11/h5-10H,2-4H2,1H3. The number of rotatable bonds is 5. The maximum absolute atomic E-state index is 12.0. The van der Waals surface area contributed by atoms with Gasteiger partial charge in [-0.1, -0.05) is 0 Å². The molecule has 0 saturated heterocycles. The summed E-state index contributed by atoms with van der Waals surface area (Å²) in [6.07, 6.45) is 8.21. The highest BCUT2D eigenvalue weighted by Crippen LogP contribution is 2.06. The maximum atomic E-state index is 12.0. The van der Waals surface area contributed by atoms with Gasteiger partial charge in [-0.05, 0) is 31.0 Å². The molecule has 0 aliphatic heterocycles. The number of ketones is 1. The van der Waals surface area contributed by atoms with Gasteiger partial charge in [-0.15, -0.1) is 0 Å². The Morgan fingerprint density at radius 3 is 2.76 bits per heavy atom. The second kappa shape index (κ2) is 5.39. The summed E-state index contributed by atoms with van der Waals surface area (Å²) in [6, 6.07) is 3.86. The third-order valence-corrected chi connectivity index (χ3v) is 2.70. The minimum absolute atomic E-state index is 0.0914. The van der Waals surface area contributed by atoms with E-state index in [2.05, 4.69) is 9.97 Å². The summed E-state index contributed by atoms with van der Waals surface area (Å²) in [4.78, 5) is 20.0. The summed E-state index contributed by atoms with van der Waals surface area (Å²) in [6.45, 7) is 2.78. The van der Waals surface area contributed by atoms with Gasteiger partial charge >= 0.3 is 0 Å². The van der Waals surface area contributed by atoms with Gasteiger partial charge in [-0.3, -0.25) is 9.78 Å². The zero-order valence-corrected chi connectivity index (χ0v) is 9.84. The molecule has 0 aliphatic rings. The topological polar surface area (TPSA) is 47.8 Å². The average molecular weight is 229 g/mol. The van der Waals surface area contributed by atoms with Gasteiger partial charge in [0.15, 0.2) is 11.6 Å². The van der Waals surface area contributed by atoms with Crippen molar-refractivity contribution in [3.05, 3.63) is 48.3 Å². The number of imidazole rings is 1. The van der Waals surface area contributed by atoms with Crippen LogP contribution in [-0.2, 0) is 13.0 Å². The van der Waals surface area contributed by atoms with Crippen LogP contribution in [0.3, 0.4) is 0 Å². The molecule has 0 atom stereocenters. The molecular weight excluding hydrogens is 214 g/mol. The van der Waals surface area contributed by atoms with Crippen LogP contribution < -0.4 is 0 Å². The Labute approximate surface area is 100 Å². The predicted octanol–water partition coefficient (Wildman–Crippen LogP) is 2.11. The molecule has 0 spiro atoms. The zero-order chi connectivity index (χ0) is 12.1. The van der Waals surface area contributed by atoms with E-state index in [4.69, 9.17) is 0 Å². The quantitative estimate of drug-likeness (QED) is 0.738. The van der Waals surface area contributed by atoms with Gasteiger partial charge in [0, 0.05) is 37.8 Å². The lowest BCUT2D eigenvalue weighted by Gasteiger charge is -2.03. The third-order valence-electron chi connectivity index (χ3n) is 2.70. The van der Waals surface area contributed by atoms with E-state index in [-0.39, 0.29) is 5.78 Å². The highest BCUT2D eigenvalue weighted by atomic mass is 16.1. The first-order chi connectivity index (χ1) is 8.31. The Balaban J connectivity index is 1.98. The molecule has 2 aromatic heterocycles. The van der Waals surface area contributed by atoms with Crippen LogP contribution in [0.5, 0.6) is 0 Å². The smallest absolute Gasteiger partial charge is 0.198 e. The molecule has 0 amide bonds. The lowest BCUT2D eigenvalue weighted by Crippen LogP contribution is -2.10.